The second kappa shape index (κ2) is 7.73. The number of nitrogens with one attached hydrogen (secondary N) is 2. The fourth-order valence-corrected chi connectivity index (χ4v) is 2.94. The second-order valence-corrected chi connectivity index (χ2v) is 6.41. The predicted molar refractivity (Wildman–Crippen MR) is 102 cm³/mol. The summed E-state index contributed by atoms with van der Waals surface area (Å²) in [7, 11) is 0. The average Bonchev–Trinajstić information content (AvgIpc) is 2.57. The lowest BCUT2D eigenvalue weighted by molar-refractivity contribution is 0.171. The molecule has 2 N–H and O–H groups in total. The molecule has 4 nitrogen and oxygen atoms in total. The topological polar surface area (TPSA) is 42.5 Å². The number of halogens is 1. The van der Waals surface area contributed by atoms with Crippen molar-refractivity contribution >= 4 is 34.6 Å². The van der Waals surface area contributed by atoms with Gasteiger partial charge in [-0.15, -0.1) is 0 Å². The molecule has 1 heterocycles. The van der Waals surface area contributed by atoms with Crippen molar-refractivity contribution in [3.8, 4) is 11.5 Å². The highest BCUT2D eigenvalue weighted by Crippen LogP contribution is 2.30. The molecule has 0 unspecified atom stereocenters. The molecule has 0 saturated carbocycles. The first kappa shape index (κ1) is 16.9. The molecule has 2 aromatic rings. The molecule has 3 rings (SSSR count). The van der Waals surface area contributed by atoms with Crippen LogP contribution in [0, 0.1) is 6.92 Å². The van der Waals surface area contributed by atoms with Gasteiger partial charge in [0.15, 0.2) is 16.6 Å². The van der Waals surface area contributed by atoms with Gasteiger partial charge in [-0.1, -0.05) is 17.7 Å². The van der Waals surface area contributed by atoms with Gasteiger partial charge in [0.1, 0.15) is 13.2 Å². The van der Waals surface area contributed by atoms with Gasteiger partial charge < -0.3 is 20.1 Å². The molecule has 0 bridgehead atoms. The van der Waals surface area contributed by atoms with Gasteiger partial charge in [-0.3, -0.25) is 0 Å². The summed E-state index contributed by atoms with van der Waals surface area (Å²) in [5.74, 6) is 1.63. The maximum Gasteiger partial charge on any atom is 0.170 e. The van der Waals surface area contributed by atoms with Crippen molar-refractivity contribution in [2.45, 2.75) is 13.3 Å². The molecule has 0 aliphatic carbocycles. The summed E-state index contributed by atoms with van der Waals surface area (Å²) < 4.78 is 11.1. The van der Waals surface area contributed by atoms with Crippen LogP contribution in [-0.4, -0.2) is 24.9 Å². The Morgan fingerprint density at radius 2 is 1.92 bits per heavy atom. The third-order valence-electron chi connectivity index (χ3n) is 3.74. The van der Waals surface area contributed by atoms with Crippen LogP contribution < -0.4 is 20.1 Å². The summed E-state index contributed by atoms with van der Waals surface area (Å²) in [4.78, 5) is 0. The Kier molecular flexibility index (Phi) is 5.43. The van der Waals surface area contributed by atoms with Crippen LogP contribution in [0.4, 0.5) is 5.69 Å². The van der Waals surface area contributed by atoms with Gasteiger partial charge in [-0.05, 0) is 67.0 Å². The summed E-state index contributed by atoms with van der Waals surface area (Å²) in [5.41, 5.74) is 3.19. The lowest BCUT2D eigenvalue weighted by Crippen LogP contribution is -2.30. The summed E-state index contributed by atoms with van der Waals surface area (Å²) in [5, 5.41) is 7.72. The molecule has 0 amide bonds. The molecular weight excluding hydrogens is 344 g/mol. The number of anilines is 1. The molecule has 1 aliphatic rings. The van der Waals surface area contributed by atoms with Crippen molar-refractivity contribution in [1.82, 2.24) is 5.32 Å². The van der Waals surface area contributed by atoms with E-state index in [-0.39, 0.29) is 0 Å². The first-order chi connectivity index (χ1) is 11.6. The molecule has 24 heavy (non-hydrogen) atoms. The molecule has 1 aliphatic heterocycles. The fraction of sp³-hybridized carbons (Fsp3) is 0.278. The quantitative estimate of drug-likeness (QED) is 0.806. The minimum absolute atomic E-state index is 0.595. The number of rotatable bonds is 4. The smallest absolute Gasteiger partial charge is 0.170 e. The van der Waals surface area contributed by atoms with E-state index in [4.69, 9.17) is 33.3 Å². The van der Waals surface area contributed by atoms with Gasteiger partial charge in [0.05, 0.1) is 0 Å². The maximum absolute atomic E-state index is 5.96. The van der Waals surface area contributed by atoms with Crippen LogP contribution in [0.25, 0.3) is 0 Å². The number of benzene rings is 2. The standard InChI is InChI=1S/C18H19ClN2O2S/c1-12-10-14(19)3-4-15(12)21-18(24)20-7-6-13-2-5-16-17(11-13)23-9-8-22-16/h2-5,10-11H,6-9H2,1H3,(H2,20,21,24). The van der Waals surface area contributed by atoms with Gasteiger partial charge in [-0.2, -0.15) is 0 Å². The van der Waals surface area contributed by atoms with E-state index in [0.29, 0.717) is 18.3 Å². The Morgan fingerprint density at radius 3 is 2.71 bits per heavy atom. The van der Waals surface area contributed by atoms with E-state index in [2.05, 4.69) is 16.7 Å². The molecular formula is C18H19ClN2O2S. The molecule has 2 aromatic carbocycles. The summed E-state index contributed by atoms with van der Waals surface area (Å²) in [6, 6.07) is 11.7. The van der Waals surface area contributed by atoms with Crippen LogP contribution in [0.2, 0.25) is 5.02 Å². The van der Waals surface area contributed by atoms with E-state index in [1.54, 1.807) is 0 Å². The van der Waals surface area contributed by atoms with Crippen molar-refractivity contribution in [1.29, 1.82) is 0 Å². The van der Waals surface area contributed by atoms with Gasteiger partial charge in [-0.25, -0.2) is 0 Å². The number of hydrogen-bond acceptors (Lipinski definition) is 3. The van der Waals surface area contributed by atoms with E-state index in [0.717, 1.165) is 40.7 Å². The average molecular weight is 363 g/mol. The van der Waals surface area contributed by atoms with Crippen LogP contribution in [0.1, 0.15) is 11.1 Å². The van der Waals surface area contributed by atoms with E-state index in [1.165, 1.54) is 5.56 Å². The minimum Gasteiger partial charge on any atom is -0.486 e. The minimum atomic E-state index is 0.595. The molecule has 0 atom stereocenters. The third kappa shape index (κ3) is 4.30. The van der Waals surface area contributed by atoms with Crippen molar-refractivity contribution < 1.29 is 9.47 Å². The highest BCUT2D eigenvalue weighted by molar-refractivity contribution is 7.80. The Hall–Kier alpha value is -1.98. The highest BCUT2D eigenvalue weighted by Gasteiger charge is 2.11. The number of thiocarbonyl (C=S) groups is 1. The Labute approximate surface area is 152 Å². The number of aryl methyl sites for hydroxylation is 1. The summed E-state index contributed by atoms with van der Waals surface area (Å²) in [6.07, 6.45) is 0.845. The predicted octanol–water partition coefficient (Wildman–Crippen LogP) is 3.95. The second-order valence-electron chi connectivity index (χ2n) is 5.57. The highest BCUT2D eigenvalue weighted by atomic mass is 35.5. The number of ether oxygens (including phenoxy) is 2. The van der Waals surface area contributed by atoms with Crippen LogP contribution in [0.3, 0.4) is 0 Å². The fourth-order valence-electron chi connectivity index (χ4n) is 2.50. The normalized spacial score (nSPS) is 12.6. The van der Waals surface area contributed by atoms with Crippen molar-refractivity contribution in [2.75, 3.05) is 25.1 Å². The van der Waals surface area contributed by atoms with E-state index in [1.807, 2.05) is 37.3 Å². The lowest BCUT2D eigenvalue weighted by Gasteiger charge is -2.19. The summed E-state index contributed by atoms with van der Waals surface area (Å²) in [6.45, 7) is 3.94. The molecule has 0 radical (unpaired) electrons. The molecule has 0 fully saturated rings. The monoisotopic (exact) mass is 362 g/mol. The first-order valence-electron chi connectivity index (χ1n) is 7.81. The van der Waals surface area contributed by atoms with Crippen LogP contribution >= 0.6 is 23.8 Å². The zero-order chi connectivity index (χ0) is 16.9. The van der Waals surface area contributed by atoms with Crippen LogP contribution in [-0.2, 0) is 6.42 Å². The molecule has 0 aromatic heterocycles. The molecule has 6 heteroatoms. The van der Waals surface area contributed by atoms with Crippen molar-refractivity contribution in [2.24, 2.45) is 0 Å². The van der Waals surface area contributed by atoms with Crippen molar-refractivity contribution in [3.05, 3.63) is 52.5 Å². The Bertz CT molecular complexity index is 752. The largest absolute Gasteiger partial charge is 0.486 e. The van der Waals surface area contributed by atoms with Crippen LogP contribution in [0.15, 0.2) is 36.4 Å². The molecule has 0 spiro atoms. The first-order valence-corrected chi connectivity index (χ1v) is 8.60. The van der Waals surface area contributed by atoms with Crippen molar-refractivity contribution in [3.63, 3.8) is 0 Å². The summed E-state index contributed by atoms with van der Waals surface area (Å²) >= 11 is 11.3. The maximum atomic E-state index is 5.96. The number of hydrogen-bond donors (Lipinski definition) is 2. The Morgan fingerprint density at radius 1 is 1.12 bits per heavy atom. The third-order valence-corrected chi connectivity index (χ3v) is 4.22. The molecule has 0 saturated heterocycles. The number of fused-ring (bicyclic) bond motifs is 1. The van der Waals surface area contributed by atoms with Gasteiger partial charge in [0, 0.05) is 17.3 Å². The SMILES string of the molecule is Cc1cc(Cl)ccc1NC(=S)NCCc1ccc2c(c1)OCCO2. The van der Waals surface area contributed by atoms with E-state index in [9.17, 15) is 0 Å². The van der Waals surface area contributed by atoms with Crippen LogP contribution in [0.5, 0.6) is 11.5 Å². The Balaban J connectivity index is 1.50. The lowest BCUT2D eigenvalue weighted by atomic mass is 10.1. The van der Waals surface area contributed by atoms with Gasteiger partial charge in [0.2, 0.25) is 0 Å². The van der Waals surface area contributed by atoms with E-state index >= 15 is 0 Å². The van der Waals surface area contributed by atoms with E-state index < -0.39 is 0 Å². The zero-order valence-electron chi connectivity index (χ0n) is 13.4. The van der Waals surface area contributed by atoms with Gasteiger partial charge in [0.25, 0.3) is 0 Å². The molecule has 126 valence electrons. The zero-order valence-corrected chi connectivity index (χ0v) is 15.0. The van der Waals surface area contributed by atoms with Gasteiger partial charge >= 0.3 is 0 Å².